The molecule has 0 fully saturated rings. The molecule has 0 spiro atoms. The Bertz CT molecular complexity index is 4000. The largest absolute Gasteiger partial charge is 0.457 e. The second kappa shape index (κ2) is 18.2. The fraction of sp³-hybridized carbons (Fsp3) is 0.0606. The van der Waals surface area contributed by atoms with E-state index in [0.717, 1.165) is 88.9 Å². The number of nitrogens with zero attached hydrogens (tertiary/aromatic N) is 6. The molecule has 354 valence electrons. The minimum Gasteiger partial charge on any atom is -0.457 e. The molecule has 0 saturated heterocycles. The van der Waals surface area contributed by atoms with Gasteiger partial charge in [-0.3, -0.25) is 19.1 Å². The van der Waals surface area contributed by atoms with E-state index in [1.54, 1.807) is 0 Å². The maximum absolute atomic E-state index is 6.61. The summed E-state index contributed by atoms with van der Waals surface area (Å²) in [7, 11) is 0. The van der Waals surface area contributed by atoms with Gasteiger partial charge in [0.25, 0.3) is 0 Å². The highest BCUT2D eigenvalue weighted by Crippen LogP contribution is 2.39. The lowest BCUT2D eigenvalue weighted by molar-refractivity contribution is 0.483. The second-order valence-corrected chi connectivity index (χ2v) is 18.9. The first-order valence-electron chi connectivity index (χ1n) is 24.8. The van der Waals surface area contributed by atoms with Crippen molar-refractivity contribution < 1.29 is 9.47 Å². The van der Waals surface area contributed by atoms with E-state index < -0.39 is 0 Å². The minimum atomic E-state index is 0.691. The van der Waals surface area contributed by atoms with Gasteiger partial charge in [0.2, 0.25) is 0 Å². The lowest BCUT2D eigenvalue weighted by Gasteiger charge is -2.13. The molecule has 0 amide bonds. The predicted octanol–water partition coefficient (Wildman–Crippen LogP) is 16.9. The van der Waals surface area contributed by atoms with E-state index in [0.29, 0.717) is 23.0 Å². The number of pyridine rings is 2. The Morgan fingerprint density at radius 2 is 0.703 bits per heavy atom. The van der Waals surface area contributed by atoms with Gasteiger partial charge in [0, 0.05) is 57.2 Å². The predicted molar refractivity (Wildman–Crippen MR) is 300 cm³/mol. The normalized spacial score (nSPS) is 11.5. The number of aromatic nitrogens is 6. The molecule has 74 heavy (non-hydrogen) atoms. The van der Waals surface area contributed by atoms with Crippen molar-refractivity contribution in [3.05, 3.63) is 241 Å². The summed E-state index contributed by atoms with van der Waals surface area (Å²) in [4.78, 5) is 19.6. The van der Waals surface area contributed by atoms with Crippen LogP contribution in [-0.4, -0.2) is 29.1 Å². The molecular formula is C66H48N6O2. The molecule has 0 atom stereocenters. The molecular weight excluding hydrogens is 909 g/mol. The third-order valence-corrected chi connectivity index (χ3v) is 14.2. The van der Waals surface area contributed by atoms with E-state index in [1.807, 2.05) is 85.5 Å². The van der Waals surface area contributed by atoms with E-state index in [2.05, 4.69) is 170 Å². The number of para-hydroxylation sites is 2. The van der Waals surface area contributed by atoms with Crippen LogP contribution in [0.25, 0.3) is 100 Å². The maximum Gasteiger partial charge on any atom is 0.138 e. The lowest BCUT2D eigenvalue weighted by atomic mass is 9.96. The highest BCUT2D eigenvalue weighted by molar-refractivity contribution is 6.10. The fourth-order valence-electron chi connectivity index (χ4n) is 10.8. The quantitative estimate of drug-likeness (QED) is 0.136. The van der Waals surface area contributed by atoms with Crippen LogP contribution in [0.2, 0.25) is 0 Å². The van der Waals surface area contributed by atoms with Gasteiger partial charge in [0.15, 0.2) is 0 Å². The smallest absolute Gasteiger partial charge is 0.138 e. The zero-order valence-electron chi connectivity index (χ0n) is 41.3. The molecule has 8 aromatic carbocycles. The summed E-state index contributed by atoms with van der Waals surface area (Å²) in [5.41, 5.74) is 17.1. The Labute approximate surface area is 428 Å². The van der Waals surface area contributed by atoms with Crippen molar-refractivity contribution >= 4 is 43.6 Å². The van der Waals surface area contributed by atoms with Crippen molar-refractivity contribution in [1.82, 2.24) is 29.1 Å². The molecule has 0 N–H and O–H groups in total. The molecule has 5 aromatic heterocycles. The molecule has 0 aliphatic rings. The van der Waals surface area contributed by atoms with Crippen molar-refractivity contribution in [3.8, 4) is 79.4 Å². The molecule has 8 nitrogen and oxygen atoms in total. The molecule has 13 aromatic rings. The minimum absolute atomic E-state index is 0.691. The van der Waals surface area contributed by atoms with Gasteiger partial charge in [0.1, 0.15) is 34.6 Å². The van der Waals surface area contributed by atoms with Crippen LogP contribution in [0.4, 0.5) is 0 Å². The van der Waals surface area contributed by atoms with Crippen LogP contribution in [0, 0.1) is 27.7 Å². The highest BCUT2D eigenvalue weighted by atomic mass is 16.5. The Morgan fingerprint density at radius 1 is 0.311 bits per heavy atom. The number of hydrogen-bond donors (Lipinski definition) is 0. The summed E-state index contributed by atoms with van der Waals surface area (Å²) in [6.07, 6.45) is 7.42. The number of ether oxygens (including phenoxy) is 2. The molecule has 0 unspecified atom stereocenters. The summed E-state index contributed by atoms with van der Waals surface area (Å²) in [6.45, 7) is 8.65. The molecule has 0 radical (unpaired) electrons. The Morgan fingerprint density at radius 3 is 1.14 bits per heavy atom. The number of hydrogen-bond acceptors (Lipinski definition) is 6. The average Bonchev–Trinajstić information content (AvgIpc) is 3.94. The SMILES string of the molecule is Cc1cccc(C)c1-c1ccnc(-n2c3ccccc3c3ccc(Oc4cccc(-c5cnc(-c6cccc(Oc7ccc8c9ccccc9n(-c9cc(-c%10c(C)cccc%10C)ccn9)c8c7)c6)cn5)c4)cc32)c1. The summed E-state index contributed by atoms with van der Waals surface area (Å²) < 4.78 is 17.7. The van der Waals surface area contributed by atoms with Crippen molar-refractivity contribution in [1.29, 1.82) is 0 Å². The number of rotatable bonds is 10. The first-order valence-corrected chi connectivity index (χ1v) is 24.8. The van der Waals surface area contributed by atoms with Crippen LogP contribution < -0.4 is 9.47 Å². The van der Waals surface area contributed by atoms with Crippen molar-refractivity contribution in [3.63, 3.8) is 0 Å². The van der Waals surface area contributed by atoms with Crippen LogP contribution >= 0.6 is 0 Å². The Kier molecular flexibility index (Phi) is 10.9. The topological polar surface area (TPSA) is 79.9 Å². The molecule has 8 heteroatoms. The number of fused-ring (bicyclic) bond motifs is 6. The van der Waals surface area contributed by atoms with Crippen molar-refractivity contribution in [2.24, 2.45) is 0 Å². The summed E-state index contributed by atoms with van der Waals surface area (Å²) in [5, 5.41) is 4.55. The van der Waals surface area contributed by atoms with Gasteiger partial charge in [-0.2, -0.15) is 0 Å². The molecule has 13 rings (SSSR count). The molecule has 0 saturated carbocycles. The summed E-state index contributed by atoms with van der Waals surface area (Å²) in [6, 6.07) is 66.8. The van der Waals surface area contributed by atoms with Gasteiger partial charge >= 0.3 is 0 Å². The van der Waals surface area contributed by atoms with Crippen molar-refractivity contribution in [2.45, 2.75) is 27.7 Å². The van der Waals surface area contributed by atoms with Gasteiger partial charge in [-0.25, -0.2) is 9.97 Å². The van der Waals surface area contributed by atoms with E-state index in [9.17, 15) is 0 Å². The molecule has 0 aliphatic carbocycles. The van der Waals surface area contributed by atoms with Gasteiger partial charge < -0.3 is 9.47 Å². The zero-order valence-corrected chi connectivity index (χ0v) is 41.3. The van der Waals surface area contributed by atoms with E-state index in [4.69, 9.17) is 29.4 Å². The lowest BCUT2D eigenvalue weighted by Crippen LogP contribution is -1.98. The van der Waals surface area contributed by atoms with Crippen LogP contribution in [0.15, 0.2) is 219 Å². The number of benzene rings is 8. The summed E-state index contributed by atoms with van der Waals surface area (Å²) in [5.74, 6) is 4.50. The third kappa shape index (κ3) is 7.90. The second-order valence-electron chi connectivity index (χ2n) is 18.9. The van der Waals surface area contributed by atoms with E-state index >= 15 is 0 Å². The summed E-state index contributed by atoms with van der Waals surface area (Å²) >= 11 is 0. The maximum atomic E-state index is 6.61. The number of aryl methyl sites for hydroxylation is 4. The molecule has 0 bridgehead atoms. The highest BCUT2D eigenvalue weighted by Gasteiger charge is 2.19. The van der Waals surface area contributed by atoms with Crippen LogP contribution in [0.1, 0.15) is 22.3 Å². The van der Waals surface area contributed by atoms with Gasteiger partial charge in [-0.1, -0.05) is 97.1 Å². The standard InChI is InChI=1S/C66H48N6O2/c1-41-13-9-14-42(2)65(41)47-29-31-67-63(35-47)71-59-23-7-5-21-53(59)55-27-25-51(37-61(55)71)73-49-19-11-17-45(33-49)57-39-70-58(40-69-57)46-18-12-20-50(34-46)74-52-26-28-56-54-22-6-8-24-60(54)72(62(56)38-52)64-36-48(30-32-68-64)66-43(3)15-10-16-44(66)4/h5-40H,1-4H3. The molecule has 5 heterocycles. The molecule has 0 aliphatic heterocycles. The van der Waals surface area contributed by atoms with Gasteiger partial charge in [0.05, 0.1) is 45.8 Å². The third-order valence-electron chi connectivity index (χ3n) is 14.2. The van der Waals surface area contributed by atoms with E-state index in [1.165, 1.54) is 33.4 Å². The van der Waals surface area contributed by atoms with E-state index in [-0.39, 0.29) is 0 Å². The van der Waals surface area contributed by atoms with Gasteiger partial charge in [-0.05, 0) is 157 Å². The van der Waals surface area contributed by atoms with Crippen LogP contribution in [-0.2, 0) is 0 Å². The van der Waals surface area contributed by atoms with Crippen LogP contribution in [0.3, 0.4) is 0 Å². The zero-order chi connectivity index (χ0) is 49.9. The first-order chi connectivity index (χ1) is 36.3. The van der Waals surface area contributed by atoms with Gasteiger partial charge in [-0.15, -0.1) is 0 Å². The fourth-order valence-corrected chi connectivity index (χ4v) is 10.8. The Hall–Kier alpha value is -9.66. The van der Waals surface area contributed by atoms with Crippen LogP contribution in [0.5, 0.6) is 23.0 Å². The van der Waals surface area contributed by atoms with Crippen molar-refractivity contribution in [2.75, 3.05) is 0 Å². The monoisotopic (exact) mass is 956 g/mol. The first kappa shape index (κ1) is 44.3. The average molecular weight is 957 g/mol. The Balaban J connectivity index is 0.763.